The Bertz CT molecular complexity index is 1010. The van der Waals surface area contributed by atoms with Crippen LogP contribution in [0.3, 0.4) is 0 Å². The second kappa shape index (κ2) is 7.48. The second-order valence-electron chi connectivity index (χ2n) is 7.64. The average molecular weight is 405 g/mol. The lowest BCUT2D eigenvalue weighted by atomic mass is 10.0. The molecule has 2 fully saturated rings. The minimum atomic E-state index is 0.115. The first-order chi connectivity index (χ1) is 14.2. The molecule has 29 heavy (non-hydrogen) atoms. The van der Waals surface area contributed by atoms with Gasteiger partial charge in [0, 0.05) is 36.1 Å². The quantitative estimate of drug-likeness (QED) is 0.653. The molecule has 1 aromatic heterocycles. The molecule has 2 unspecified atom stereocenters. The first-order valence-electron chi connectivity index (χ1n) is 9.90. The van der Waals surface area contributed by atoms with Gasteiger partial charge in [0.15, 0.2) is 0 Å². The van der Waals surface area contributed by atoms with Crippen LogP contribution in [0.15, 0.2) is 67.0 Å². The van der Waals surface area contributed by atoms with Crippen LogP contribution in [0.4, 0.5) is 5.95 Å². The summed E-state index contributed by atoms with van der Waals surface area (Å²) < 4.78 is 0. The molecule has 0 radical (unpaired) electrons. The summed E-state index contributed by atoms with van der Waals surface area (Å²) in [6.07, 6.45) is 5.59. The zero-order valence-corrected chi connectivity index (χ0v) is 16.7. The highest BCUT2D eigenvalue weighted by molar-refractivity contribution is 6.30. The van der Waals surface area contributed by atoms with Crippen LogP contribution in [0.1, 0.15) is 23.2 Å². The maximum atomic E-state index is 13.3. The van der Waals surface area contributed by atoms with E-state index in [9.17, 15) is 4.79 Å². The van der Waals surface area contributed by atoms with Gasteiger partial charge in [0.1, 0.15) is 0 Å². The lowest BCUT2D eigenvalue weighted by Crippen LogP contribution is -2.56. The summed E-state index contributed by atoms with van der Waals surface area (Å²) in [7, 11) is 0. The lowest BCUT2D eigenvalue weighted by Gasteiger charge is -2.41. The number of carbonyl (C=O) groups excluding carboxylic acids is 1. The topological polar surface area (TPSA) is 49.3 Å². The predicted octanol–water partition coefficient (Wildman–Crippen LogP) is 4.29. The Kier molecular flexibility index (Phi) is 4.68. The molecule has 1 amide bonds. The van der Waals surface area contributed by atoms with E-state index < -0.39 is 0 Å². The van der Waals surface area contributed by atoms with Crippen molar-refractivity contribution in [3.63, 3.8) is 0 Å². The zero-order chi connectivity index (χ0) is 19.8. The number of fused-ring (bicyclic) bond motifs is 2. The fourth-order valence-electron chi connectivity index (χ4n) is 4.47. The molecule has 3 heterocycles. The van der Waals surface area contributed by atoms with Crippen LogP contribution < -0.4 is 4.90 Å². The summed E-state index contributed by atoms with van der Waals surface area (Å²) in [6, 6.07) is 17.8. The largest absolute Gasteiger partial charge is 0.337 e. The van der Waals surface area contributed by atoms with Crippen LogP contribution >= 0.6 is 11.6 Å². The van der Waals surface area contributed by atoms with Gasteiger partial charge in [0.2, 0.25) is 5.95 Å². The fraction of sp³-hybridized carbons (Fsp3) is 0.261. The van der Waals surface area contributed by atoms with Crippen molar-refractivity contribution in [3.8, 4) is 11.1 Å². The maximum Gasteiger partial charge on any atom is 0.254 e. The Morgan fingerprint density at radius 3 is 2.24 bits per heavy atom. The lowest BCUT2D eigenvalue weighted by molar-refractivity contribution is 0.0640. The van der Waals surface area contributed by atoms with Crippen molar-refractivity contribution in [1.82, 2.24) is 14.9 Å². The number of piperazine rings is 1. The van der Waals surface area contributed by atoms with Crippen molar-refractivity contribution in [3.05, 3.63) is 77.6 Å². The highest BCUT2D eigenvalue weighted by Crippen LogP contribution is 2.33. The Balaban J connectivity index is 1.34. The van der Waals surface area contributed by atoms with Crippen molar-refractivity contribution >= 4 is 23.5 Å². The Hall–Kier alpha value is -2.92. The molecule has 0 aliphatic carbocycles. The summed E-state index contributed by atoms with van der Waals surface area (Å²) in [5.41, 5.74) is 2.84. The molecule has 2 atom stereocenters. The summed E-state index contributed by atoms with van der Waals surface area (Å²) in [5.74, 6) is 0.867. The van der Waals surface area contributed by atoms with Gasteiger partial charge in [-0.15, -0.1) is 0 Å². The Morgan fingerprint density at radius 1 is 0.897 bits per heavy atom. The third kappa shape index (κ3) is 3.47. The van der Waals surface area contributed by atoms with E-state index in [0.717, 1.165) is 48.6 Å². The fourth-order valence-corrected chi connectivity index (χ4v) is 4.67. The molecule has 5 nitrogen and oxygen atoms in total. The van der Waals surface area contributed by atoms with Crippen LogP contribution in [0.25, 0.3) is 11.1 Å². The predicted molar refractivity (Wildman–Crippen MR) is 114 cm³/mol. The van der Waals surface area contributed by atoms with Gasteiger partial charge in [-0.2, -0.15) is 0 Å². The van der Waals surface area contributed by atoms with E-state index in [1.807, 2.05) is 54.6 Å². The second-order valence-corrected chi connectivity index (χ2v) is 8.08. The van der Waals surface area contributed by atoms with Gasteiger partial charge in [-0.25, -0.2) is 9.97 Å². The number of hydrogen-bond donors (Lipinski definition) is 0. The number of nitrogens with zero attached hydrogens (tertiary/aromatic N) is 4. The molecular formula is C23H21ClN4O. The van der Waals surface area contributed by atoms with E-state index in [1.165, 1.54) is 0 Å². The molecule has 0 spiro atoms. The molecule has 2 aromatic carbocycles. The number of rotatable bonds is 3. The van der Waals surface area contributed by atoms with Crippen molar-refractivity contribution in [2.24, 2.45) is 0 Å². The first-order valence-corrected chi connectivity index (χ1v) is 10.3. The number of hydrogen-bond acceptors (Lipinski definition) is 4. The third-order valence-electron chi connectivity index (χ3n) is 5.84. The van der Waals surface area contributed by atoms with E-state index in [0.29, 0.717) is 5.02 Å². The monoisotopic (exact) mass is 404 g/mol. The Labute approximate surface area is 175 Å². The molecule has 5 rings (SSSR count). The van der Waals surface area contributed by atoms with E-state index in [-0.39, 0.29) is 18.0 Å². The molecule has 2 aliphatic rings. The normalized spacial score (nSPS) is 20.7. The molecule has 146 valence electrons. The number of carbonyl (C=O) groups is 1. The molecule has 3 aromatic rings. The van der Waals surface area contributed by atoms with Gasteiger partial charge in [-0.1, -0.05) is 35.9 Å². The summed E-state index contributed by atoms with van der Waals surface area (Å²) in [4.78, 5) is 26.3. The highest BCUT2D eigenvalue weighted by atomic mass is 35.5. The van der Waals surface area contributed by atoms with Crippen LogP contribution in [0.2, 0.25) is 5.02 Å². The van der Waals surface area contributed by atoms with Crippen LogP contribution in [-0.2, 0) is 0 Å². The van der Waals surface area contributed by atoms with Gasteiger partial charge in [0.25, 0.3) is 5.91 Å². The van der Waals surface area contributed by atoms with E-state index in [1.54, 1.807) is 12.4 Å². The number of halogens is 1. The van der Waals surface area contributed by atoms with Crippen LogP contribution in [-0.4, -0.2) is 45.9 Å². The number of anilines is 1. The smallest absolute Gasteiger partial charge is 0.254 e. The molecule has 0 saturated carbocycles. The van der Waals surface area contributed by atoms with Crippen molar-refractivity contribution in [2.75, 3.05) is 18.0 Å². The summed E-state index contributed by atoms with van der Waals surface area (Å²) in [5, 5.41) is 0.708. The van der Waals surface area contributed by atoms with Gasteiger partial charge in [0.05, 0.1) is 12.1 Å². The van der Waals surface area contributed by atoms with E-state index in [2.05, 4.69) is 19.8 Å². The van der Waals surface area contributed by atoms with Crippen LogP contribution in [0.5, 0.6) is 0 Å². The number of aromatic nitrogens is 2. The van der Waals surface area contributed by atoms with Gasteiger partial charge in [-0.3, -0.25) is 4.79 Å². The maximum absolute atomic E-state index is 13.3. The van der Waals surface area contributed by atoms with Crippen molar-refractivity contribution in [2.45, 2.75) is 24.9 Å². The van der Waals surface area contributed by atoms with Gasteiger partial charge < -0.3 is 9.80 Å². The zero-order valence-electron chi connectivity index (χ0n) is 15.9. The SMILES string of the molecule is O=C(c1ccc(-c2cccc(Cl)c2)cc1)N1C2CCC1CN(c1ncccn1)C2. The third-order valence-corrected chi connectivity index (χ3v) is 6.08. The number of benzene rings is 2. The molecule has 2 bridgehead atoms. The standard InChI is InChI=1S/C23H21ClN4O/c24-19-4-1-3-18(13-19)16-5-7-17(8-6-16)22(29)28-20-9-10-21(28)15-27(14-20)23-25-11-2-12-26-23/h1-8,11-13,20-21H,9-10,14-15H2. The van der Waals surface area contributed by atoms with Gasteiger partial charge in [-0.05, 0) is 54.3 Å². The average Bonchev–Trinajstić information content (AvgIpc) is 3.03. The van der Waals surface area contributed by atoms with Crippen molar-refractivity contribution in [1.29, 1.82) is 0 Å². The molecular weight excluding hydrogens is 384 g/mol. The van der Waals surface area contributed by atoms with Gasteiger partial charge >= 0.3 is 0 Å². The minimum Gasteiger partial charge on any atom is -0.337 e. The number of amides is 1. The summed E-state index contributed by atoms with van der Waals surface area (Å²) >= 11 is 6.10. The van der Waals surface area contributed by atoms with E-state index >= 15 is 0 Å². The van der Waals surface area contributed by atoms with E-state index in [4.69, 9.17) is 11.6 Å². The van der Waals surface area contributed by atoms with Crippen molar-refractivity contribution < 1.29 is 4.79 Å². The van der Waals surface area contributed by atoms with Crippen LogP contribution in [0, 0.1) is 0 Å². The highest BCUT2D eigenvalue weighted by Gasteiger charge is 2.43. The summed E-state index contributed by atoms with van der Waals surface area (Å²) in [6.45, 7) is 1.57. The Morgan fingerprint density at radius 2 is 1.59 bits per heavy atom. The molecule has 2 aliphatic heterocycles. The minimum absolute atomic E-state index is 0.115. The molecule has 2 saturated heterocycles. The first kappa shape index (κ1) is 18.1. The molecule has 6 heteroatoms. The molecule has 0 N–H and O–H groups in total.